The van der Waals surface area contributed by atoms with Crippen LogP contribution in [0.2, 0.25) is 10.0 Å². The molecule has 10 heteroatoms. The topological polar surface area (TPSA) is 97.5 Å². The second-order valence-electron chi connectivity index (χ2n) is 8.80. The van der Waals surface area contributed by atoms with Crippen LogP contribution in [0.5, 0.6) is 5.75 Å². The number of hydrogen-bond donors (Lipinski definition) is 2. The lowest BCUT2D eigenvalue weighted by Crippen LogP contribution is -2.30. The number of pyridine rings is 1. The largest absolute Gasteiger partial charge is 0.482 e. The second kappa shape index (κ2) is 11.8. The zero-order valence-corrected chi connectivity index (χ0v) is 21.8. The van der Waals surface area contributed by atoms with E-state index in [1.165, 1.54) is 12.1 Å². The average molecular weight is 545 g/mol. The van der Waals surface area contributed by atoms with Gasteiger partial charge in [-0.05, 0) is 55.7 Å². The number of hydrogen-bond acceptors (Lipinski definition) is 5. The van der Waals surface area contributed by atoms with Crippen molar-refractivity contribution in [2.45, 2.75) is 32.3 Å². The predicted octanol–water partition coefficient (Wildman–Crippen LogP) is 5.66. The van der Waals surface area contributed by atoms with Crippen LogP contribution >= 0.6 is 23.2 Å². The molecule has 0 radical (unpaired) electrons. The van der Waals surface area contributed by atoms with Gasteiger partial charge in [0.25, 0.3) is 5.91 Å². The number of nitrogens with zero attached hydrogens (tertiary/aromatic N) is 2. The van der Waals surface area contributed by atoms with Gasteiger partial charge in [0.15, 0.2) is 11.6 Å². The number of carbonyl (C=O) groups is 2. The first kappa shape index (κ1) is 26.7. The molecule has 1 saturated heterocycles. The monoisotopic (exact) mass is 544 g/mol. The Morgan fingerprint density at radius 3 is 2.68 bits per heavy atom. The molecule has 1 atom stereocenters. The smallest absolute Gasteiger partial charge is 0.251 e. The summed E-state index contributed by atoms with van der Waals surface area (Å²) in [5.41, 5.74) is 8.37. The van der Waals surface area contributed by atoms with E-state index < -0.39 is 11.9 Å². The van der Waals surface area contributed by atoms with Crippen LogP contribution < -0.4 is 15.8 Å². The molecule has 1 fully saturated rings. The first-order valence-electron chi connectivity index (χ1n) is 12.0. The van der Waals surface area contributed by atoms with Gasteiger partial charge in [-0.15, -0.1) is 0 Å². The third kappa shape index (κ3) is 6.32. The van der Waals surface area contributed by atoms with Crippen molar-refractivity contribution in [1.82, 2.24) is 15.2 Å². The highest BCUT2D eigenvalue weighted by Crippen LogP contribution is 2.37. The number of rotatable bonds is 9. The number of amides is 2. The first-order chi connectivity index (χ1) is 17.7. The SMILES string of the molecule is CC(Oc1cc(-c2ccc(C(=O)NCCCN3CCCC3=O)cc2)cnc1N)c1c(Cl)ccc(F)c1Cl. The Morgan fingerprint density at radius 1 is 1.22 bits per heavy atom. The van der Waals surface area contributed by atoms with Crippen molar-refractivity contribution in [3.63, 3.8) is 0 Å². The molecule has 194 valence electrons. The molecule has 3 N–H and O–H groups in total. The minimum absolute atomic E-state index is 0.110. The van der Waals surface area contributed by atoms with Crippen molar-refractivity contribution in [1.29, 1.82) is 0 Å². The van der Waals surface area contributed by atoms with E-state index in [0.717, 1.165) is 24.1 Å². The van der Waals surface area contributed by atoms with Crippen LogP contribution in [-0.4, -0.2) is 41.3 Å². The quantitative estimate of drug-likeness (QED) is 0.267. The minimum Gasteiger partial charge on any atom is -0.482 e. The fourth-order valence-corrected chi connectivity index (χ4v) is 4.88. The zero-order chi connectivity index (χ0) is 26.5. The number of nitrogens with one attached hydrogen (secondary N) is 1. The van der Waals surface area contributed by atoms with Crippen molar-refractivity contribution in [2.24, 2.45) is 0 Å². The zero-order valence-electron chi connectivity index (χ0n) is 20.3. The maximum Gasteiger partial charge on any atom is 0.251 e. The summed E-state index contributed by atoms with van der Waals surface area (Å²) in [6.07, 6.45) is 3.14. The second-order valence-corrected chi connectivity index (χ2v) is 9.58. The molecule has 4 rings (SSSR count). The summed E-state index contributed by atoms with van der Waals surface area (Å²) in [6.45, 7) is 3.63. The highest BCUT2D eigenvalue weighted by Gasteiger charge is 2.21. The summed E-state index contributed by atoms with van der Waals surface area (Å²) in [5, 5.41) is 3.06. The van der Waals surface area contributed by atoms with E-state index in [2.05, 4.69) is 10.3 Å². The summed E-state index contributed by atoms with van der Waals surface area (Å²) < 4.78 is 19.9. The van der Waals surface area contributed by atoms with E-state index in [0.29, 0.717) is 42.8 Å². The van der Waals surface area contributed by atoms with Crippen LogP contribution in [0, 0.1) is 5.82 Å². The van der Waals surface area contributed by atoms with E-state index in [9.17, 15) is 14.0 Å². The van der Waals surface area contributed by atoms with Crippen molar-refractivity contribution in [2.75, 3.05) is 25.4 Å². The Balaban J connectivity index is 1.39. The Hall–Kier alpha value is -3.36. The van der Waals surface area contributed by atoms with Crippen molar-refractivity contribution in [3.8, 4) is 16.9 Å². The molecule has 7 nitrogen and oxygen atoms in total. The molecule has 2 heterocycles. The van der Waals surface area contributed by atoms with Gasteiger partial charge in [-0.25, -0.2) is 9.37 Å². The maximum absolute atomic E-state index is 14.0. The van der Waals surface area contributed by atoms with Gasteiger partial charge < -0.3 is 20.7 Å². The molecular weight excluding hydrogens is 518 g/mol. The lowest BCUT2D eigenvalue weighted by molar-refractivity contribution is -0.127. The van der Waals surface area contributed by atoms with Gasteiger partial charge >= 0.3 is 0 Å². The number of nitrogens with two attached hydrogens (primary N) is 1. The number of halogens is 3. The van der Waals surface area contributed by atoms with Crippen molar-refractivity contribution in [3.05, 3.63) is 75.7 Å². The van der Waals surface area contributed by atoms with Crippen LogP contribution in [0.15, 0.2) is 48.7 Å². The maximum atomic E-state index is 14.0. The Labute approximate surface area is 224 Å². The summed E-state index contributed by atoms with van der Waals surface area (Å²) in [5.74, 6) is -0.146. The van der Waals surface area contributed by atoms with Crippen LogP contribution in [-0.2, 0) is 4.79 Å². The Kier molecular flexibility index (Phi) is 8.51. The fraction of sp³-hybridized carbons (Fsp3) is 0.296. The summed E-state index contributed by atoms with van der Waals surface area (Å²) in [4.78, 5) is 30.2. The van der Waals surface area contributed by atoms with E-state index in [4.69, 9.17) is 33.7 Å². The summed E-state index contributed by atoms with van der Waals surface area (Å²) in [7, 11) is 0. The number of anilines is 1. The van der Waals surface area contributed by atoms with Crippen LogP contribution in [0.4, 0.5) is 10.2 Å². The molecule has 3 aromatic rings. The van der Waals surface area contributed by atoms with Crippen LogP contribution in [0.1, 0.15) is 48.2 Å². The third-order valence-corrected chi connectivity index (χ3v) is 6.93. The number of aromatic nitrogens is 1. The third-order valence-electron chi connectivity index (χ3n) is 6.21. The van der Waals surface area contributed by atoms with Crippen LogP contribution in [0.25, 0.3) is 11.1 Å². The van der Waals surface area contributed by atoms with E-state index in [1.54, 1.807) is 43.5 Å². The standard InChI is InChI=1S/C27H27Cl2FN4O3/c1-16(24-20(28)9-10-21(30)25(24)29)37-22-14-19(15-33-26(22)31)17-5-7-18(8-6-17)27(36)32-11-3-13-34-12-2-4-23(34)35/h5-10,14-16H,2-4,11-13H2,1H3,(H2,31,33)(H,32,36). The Morgan fingerprint density at radius 2 is 1.97 bits per heavy atom. The normalized spacial score (nSPS) is 14.1. The number of likely N-dealkylation sites (tertiary alicyclic amines) is 1. The molecule has 1 aliphatic rings. The first-order valence-corrected chi connectivity index (χ1v) is 12.7. The fourth-order valence-electron chi connectivity index (χ4n) is 4.20. The lowest BCUT2D eigenvalue weighted by Gasteiger charge is -2.19. The molecule has 0 spiro atoms. The van der Waals surface area contributed by atoms with Gasteiger partial charge in [0.05, 0.1) is 5.02 Å². The molecule has 1 aromatic heterocycles. The Bertz CT molecular complexity index is 1300. The molecule has 1 unspecified atom stereocenters. The highest BCUT2D eigenvalue weighted by molar-refractivity contribution is 6.36. The number of benzene rings is 2. The molecule has 0 aliphatic carbocycles. The highest BCUT2D eigenvalue weighted by atomic mass is 35.5. The van der Waals surface area contributed by atoms with Gasteiger partial charge in [0.1, 0.15) is 11.9 Å². The minimum atomic E-state index is -0.690. The molecule has 2 amide bonds. The van der Waals surface area contributed by atoms with Gasteiger partial charge in [-0.3, -0.25) is 9.59 Å². The lowest BCUT2D eigenvalue weighted by atomic mass is 10.0. The molecule has 0 saturated carbocycles. The molecule has 2 aromatic carbocycles. The number of nitrogen functional groups attached to an aromatic ring is 1. The molecule has 0 bridgehead atoms. The number of ether oxygens (including phenoxy) is 1. The predicted molar refractivity (Wildman–Crippen MR) is 142 cm³/mol. The van der Waals surface area contributed by atoms with Gasteiger partial charge in [0, 0.05) is 54.0 Å². The van der Waals surface area contributed by atoms with E-state index in [-0.39, 0.29) is 27.7 Å². The average Bonchev–Trinajstić information content (AvgIpc) is 3.30. The van der Waals surface area contributed by atoms with E-state index in [1.807, 2.05) is 4.90 Å². The summed E-state index contributed by atoms with van der Waals surface area (Å²) >= 11 is 12.3. The van der Waals surface area contributed by atoms with Gasteiger partial charge in [-0.1, -0.05) is 35.3 Å². The molecule has 1 aliphatic heterocycles. The van der Waals surface area contributed by atoms with Gasteiger partial charge in [-0.2, -0.15) is 0 Å². The molecule has 37 heavy (non-hydrogen) atoms. The molecular formula is C27H27Cl2FN4O3. The van der Waals surface area contributed by atoms with E-state index >= 15 is 0 Å². The van der Waals surface area contributed by atoms with Crippen molar-refractivity contribution < 1.29 is 18.7 Å². The number of carbonyl (C=O) groups excluding carboxylic acids is 2. The van der Waals surface area contributed by atoms with Crippen molar-refractivity contribution >= 4 is 40.8 Å². The van der Waals surface area contributed by atoms with Gasteiger partial charge in [0.2, 0.25) is 5.91 Å². The van der Waals surface area contributed by atoms with Crippen LogP contribution in [0.3, 0.4) is 0 Å². The summed E-state index contributed by atoms with van der Waals surface area (Å²) in [6, 6.07) is 11.4.